The minimum atomic E-state index is 0.661. The van der Waals surface area contributed by atoms with Crippen LogP contribution >= 0.6 is 27.3 Å². The molecule has 0 aliphatic carbocycles. The minimum Gasteiger partial charge on any atom is -0.385 e. The minimum absolute atomic E-state index is 0.661. The first-order valence-corrected chi connectivity index (χ1v) is 6.93. The van der Waals surface area contributed by atoms with Gasteiger partial charge in [-0.2, -0.15) is 5.26 Å². The Labute approximate surface area is 113 Å². The van der Waals surface area contributed by atoms with E-state index in [-0.39, 0.29) is 0 Å². The second-order valence-electron chi connectivity index (χ2n) is 3.56. The van der Waals surface area contributed by atoms with Gasteiger partial charge in [-0.05, 0) is 52.0 Å². The van der Waals surface area contributed by atoms with Gasteiger partial charge in [-0.1, -0.05) is 6.07 Å². The quantitative estimate of drug-likeness (QED) is 0.925. The van der Waals surface area contributed by atoms with E-state index < -0.39 is 0 Å². The number of benzene rings is 1. The van der Waals surface area contributed by atoms with Crippen molar-refractivity contribution < 1.29 is 0 Å². The molecular formula is C13H11BrN2S. The largest absolute Gasteiger partial charge is 0.385 e. The van der Waals surface area contributed by atoms with Gasteiger partial charge in [0.15, 0.2) is 0 Å². The lowest BCUT2D eigenvalue weighted by Gasteiger charge is -2.06. The smallest absolute Gasteiger partial charge is 0.100 e. The highest BCUT2D eigenvalue weighted by molar-refractivity contribution is 9.10. The molecule has 2 rings (SSSR count). The molecule has 0 atom stereocenters. The van der Waals surface area contributed by atoms with Gasteiger partial charge in [0.1, 0.15) is 6.07 Å². The highest BCUT2D eigenvalue weighted by Crippen LogP contribution is 2.20. The van der Waals surface area contributed by atoms with E-state index in [2.05, 4.69) is 44.8 Å². The number of anilines is 1. The predicted octanol–water partition coefficient (Wildman–Crippen LogP) is 4.04. The molecule has 0 aliphatic heterocycles. The Morgan fingerprint density at radius 3 is 2.88 bits per heavy atom. The number of rotatable bonds is 4. The van der Waals surface area contributed by atoms with Gasteiger partial charge in [0, 0.05) is 21.6 Å². The maximum atomic E-state index is 8.81. The van der Waals surface area contributed by atoms with Crippen LogP contribution in [0, 0.1) is 11.3 Å². The third-order valence-electron chi connectivity index (χ3n) is 2.37. The number of hydrogen-bond acceptors (Lipinski definition) is 3. The number of nitrogens with one attached hydrogen (secondary N) is 1. The topological polar surface area (TPSA) is 35.8 Å². The number of halogens is 1. The fourth-order valence-electron chi connectivity index (χ4n) is 1.50. The van der Waals surface area contributed by atoms with E-state index in [9.17, 15) is 0 Å². The summed E-state index contributed by atoms with van der Waals surface area (Å²) < 4.78 is 0.834. The number of nitriles is 1. The first kappa shape index (κ1) is 12.2. The van der Waals surface area contributed by atoms with Gasteiger partial charge in [-0.3, -0.25) is 0 Å². The van der Waals surface area contributed by atoms with Gasteiger partial charge in [-0.25, -0.2) is 0 Å². The highest BCUT2D eigenvalue weighted by atomic mass is 79.9. The number of nitrogens with zero attached hydrogens (tertiary/aromatic N) is 1. The van der Waals surface area contributed by atoms with Gasteiger partial charge < -0.3 is 5.32 Å². The van der Waals surface area contributed by atoms with Gasteiger partial charge in [0.25, 0.3) is 0 Å². The Morgan fingerprint density at radius 2 is 2.24 bits per heavy atom. The molecule has 0 amide bonds. The molecule has 2 nitrogen and oxygen atoms in total. The lowest BCUT2D eigenvalue weighted by molar-refractivity contribution is 1.04. The second-order valence-corrected chi connectivity index (χ2v) is 5.45. The second kappa shape index (κ2) is 5.85. The summed E-state index contributed by atoms with van der Waals surface area (Å²) in [7, 11) is 0. The molecule has 1 N–H and O–H groups in total. The van der Waals surface area contributed by atoms with Crippen molar-refractivity contribution in [2.24, 2.45) is 0 Å². The average molecular weight is 307 g/mol. The fraction of sp³-hybridized carbons (Fsp3) is 0.154. The van der Waals surface area contributed by atoms with Crippen molar-refractivity contribution in [2.75, 3.05) is 11.9 Å². The molecule has 0 spiro atoms. The third-order valence-corrected chi connectivity index (χ3v) is 3.96. The monoisotopic (exact) mass is 306 g/mol. The molecule has 0 bridgehead atoms. The Hall–Kier alpha value is -1.31. The normalized spacial score (nSPS) is 9.88. The van der Waals surface area contributed by atoms with Gasteiger partial charge in [0.2, 0.25) is 0 Å². The van der Waals surface area contributed by atoms with Crippen molar-refractivity contribution in [3.63, 3.8) is 0 Å². The van der Waals surface area contributed by atoms with Crippen molar-refractivity contribution in [2.45, 2.75) is 6.42 Å². The van der Waals surface area contributed by atoms with Crippen molar-refractivity contribution in [1.29, 1.82) is 5.26 Å². The Morgan fingerprint density at radius 1 is 1.35 bits per heavy atom. The van der Waals surface area contributed by atoms with Gasteiger partial charge >= 0.3 is 0 Å². The van der Waals surface area contributed by atoms with Crippen molar-refractivity contribution >= 4 is 33.0 Å². The molecule has 0 saturated carbocycles. The van der Waals surface area contributed by atoms with E-state index >= 15 is 0 Å². The molecule has 17 heavy (non-hydrogen) atoms. The van der Waals surface area contributed by atoms with Crippen LogP contribution in [-0.4, -0.2) is 6.54 Å². The van der Waals surface area contributed by atoms with Crippen LogP contribution < -0.4 is 5.32 Å². The van der Waals surface area contributed by atoms with Crippen LogP contribution in [0.25, 0.3) is 0 Å². The van der Waals surface area contributed by atoms with Crippen molar-refractivity contribution in [1.82, 2.24) is 0 Å². The van der Waals surface area contributed by atoms with Gasteiger partial charge in [0.05, 0.1) is 5.56 Å². The molecule has 86 valence electrons. The maximum Gasteiger partial charge on any atom is 0.100 e. The predicted molar refractivity (Wildman–Crippen MR) is 75.4 cm³/mol. The molecule has 1 heterocycles. The van der Waals surface area contributed by atoms with Crippen molar-refractivity contribution in [3.8, 4) is 6.07 Å². The standard InChI is InChI=1S/C13H11BrN2S/c14-13-8-11(4-3-10(13)9-15)16-6-5-12-2-1-7-17-12/h1-4,7-8,16H,5-6H2. The molecular weight excluding hydrogens is 296 g/mol. The number of hydrogen-bond donors (Lipinski definition) is 1. The molecule has 0 aliphatic rings. The summed E-state index contributed by atoms with van der Waals surface area (Å²) in [5.74, 6) is 0. The molecule has 0 saturated heterocycles. The first-order chi connectivity index (χ1) is 8.29. The average Bonchev–Trinajstić information content (AvgIpc) is 2.82. The summed E-state index contributed by atoms with van der Waals surface area (Å²) >= 11 is 5.15. The molecule has 4 heteroatoms. The highest BCUT2D eigenvalue weighted by Gasteiger charge is 2.00. The van der Waals surface area contributed by atoms with E-state index in [0.29, 0.717) is 5.56 Å². The summed E-state index contributed by atoms with van der Waals surface area (Å²) in [6.07, 6.45) is 1.02. The summed E-state index contributed by atoms with van der Waals surface area (Å²) in [4.78, 5) is 1.38. The molecule has 1 aromatic carbocycles. The van der Waals surface area contributed by atoms with E-state index in [1.807, 2.05) is 18.2 Å². The summed E-state index contributed by atoms with van der Waals surface area (Å²) in [6.45, 7) is 0.902. The van der Waals surface area contributed by atoms with Gasteiger partial charge in [-0.15, -0.1) is 11.3 Å². The van der Waals surface area contributed by atoms with E-state index in [4.69, 9.17) is 5.26 Å². The zero-order valence-corrected chi connectivity index (χ0v) is 11.5. The van der Waals surface area contributed by atoms with E-state index in [1.54, 1.807) is 11.3 Å². The lowest BCUT2D eigenvalue weighted by Crippen LogP contribution is -2.03. The van der Waals surface area contributed by atoms with Crippen LogP contribution in [0.4, 0.5) is 5.69 Å². The molecule has 0 radical (unpaired) electrons. The fourth-order valence-corrected chi connectivity index (χ4v) is 2.68. The Bertz CT molecular complexity index is 529. The summed E-state index contributed by atoms with van der Waals surface area (Å²) in [6, 6.07) is 12.0. The Kier molecular flexibility index (Phi) is 4.18. The zero-order valence-electron chi connectivity index (χ0n) is 9.11. The molecule has 1 aromatic heterocycles. The molecule has 0 fully saturated rings. The number of thiophene rings is 1. The van der Waals surface area contributed by atoms with Crippen LogP contribution in [0.15, 0.2) is 40.2 Å². The van der Waals surface area contributed by atoms with Crippen LogP contribution in [0.2, 0.25) is 0 Å². The van der Waals surface area contributed by atoms with E-state index in [0.717, 1.165) is 23.1 Å². The van der Waals surface area contributed by atoms with Crippen LogP contribution in [0.1, 0.15) is 10.4 Å². The third kappa shape index (κ3) is 3.32. The van der Waals surface area contributed by atoms with Crippen LogP contribution in [0.3, 0.4) is 0 Å². The lowest BCUT2D eigenvalue weighted by atomic mass is 10.2. The van der Waals surface area contributed by atoms with Crippen molar-refractivity contribution in [3.05, 3.63) is 50.6 Å². The maximum absolute atomic E-state index is 8.81. The van der Waals surface area contributed by atoms with Crippen LogP contribution in [0.5, 0.6) is 0 Å². The van der Waals surface area contributed by atoms with Crippen LogP contribution in [-0.2, 0) is 6.42 Å². The summed E-state index contributed by atoms with van der Waals surface area (Å²) in [5.41, 5.74) is 1.70. The molecule has 0 unspecified atom stereocenters. The molecule has 2 aromatic rings. The summed E-state index contributed by atoms with van der Waals surface area (Å²) in [5, 5.41) is 14.2. The zero-order chi connectivity index (χ0) is 12.1. The van der Waals surface area contributed by atoms with E-state index in [1.165, 1.54) is 4.88 Å². The Balaban J connectivity index is 1.91. The SMILES string of the molecule is N#Cc1ccc(NCCc2cccs2)cc1Br. The first-order valence-electron chi connectivity index (χ1n) is 5.25.